The number of H-pyrrole nitrogens is 1. The van der Waals surface area contributed by atoms with Gasteiger partial charge in [0.25, 0.3) is 5.91 Å². The Morgan fingerprint density at radius 1 is 1.40 bits per heavy atom. The molecule has 0 fully saturated rings. The highest BCUT2D eigenvalue weighted by Gasteiger charge is 2.34. The van der Waals surface area contributed by atoms with Crippen molar-refractivity contribution in [1.82, 2.24) is 15.2 Å². The second kappa shape index (κ2) is 4.83. The molecule has 0 aliphatic carbocycles. The first kappa shape index (κ1) is 13.8. The molecule has 2 aromatic heterocycles. The number of carbonyl (C=O) groups excluding carboxylic acids is 1. The van der Waals surface area contributed by atoms with Crippen LogP contribution in [0.25, 0.3) is 0 Å². The number of hydrogen-bond donors (Lipinski definition) is 2. The molecule has 0 atom stereocenters. The molecular weight excluding hydrogens is 277 g/mol. The minimum absolute atomic E-state index is 0.0168. The summed E-state index contributed by atoms with van der Waals surface area (Å²) in [6.45, 7) is 1.68. The number of nitrogens with one attached hydrogen (secondary N) is 1. The van der Waals surface area contributed by atoms with E-state index < -0.39 is 23.7 Å². The van der Waals surface area contributed by atoms with Crippen LogP contribution in [0.3, 0.4) is 0 Å². The van der Waals surface area contributed by atoms with Crippen LogP contribution in [0.1, 0.15) is 21.7 Å². The number of ether oxygens (including phenoxy) is 1. The molecular formula is C11H9F3N4O2. The third kappa shape index (κ3) is 2.87. The molecule has 2 rings (SSSR count). The van der Waals surface area contributed by atoms with Crippen LogP contribution >= 0.6 is 0 Å². The molecule has 0 aromatic carbocycles. The standard InChI is InChI=1S/C11H9F3N4O2/c1-5-4-8(18-17-5)20-10-6(9(15)19)2-3-7(16-10)11(12,13)14/h2-4H,1H3,(H2,15,19)(H,17,18). The number of halogens is 3. The second-order valence-corrected chi connectivity index (χ2v) is 3.90. The van der Waals surface area contributed by atoms with Crippen molar-refractivity contribution in [2.45, 2.75) is 13.1 Å². The summed E-state index contributed by atoms with van der Waals surface area (Å²) < 4.78 is 42.8. The maximum atomic E-state index is 12.6. The molecule has 6 nitrogen and oxygen atoms in total. The number of aromatic nitrogens is 3. The number of alkyl halides is 3. The first-order chi connectivity index (χ1) is 9.27. The van der Waals surface area contributed by atoms with E-state index in [1.54, 1.807) is 6.92 Å². The van der Waals surface area contributed by atoms with Gasteiger partial charge in [-0.05, 0) is 19.1 Å². The fourth-order valence-corrected chi connectivity index (χ4v) is 1.41. The summed E-state index contributed by atoms with van der Waals surface area (Å²) in [5.41, 5.74) is 4.24. The second-order valence-electron chi connectivity index (χ2n) is 3.90. The number of primary amides is 1. The van der Waals surface area contributed by atoms with Crippen LogP contribution in [0.4, 0.5) is 13.2 Å². The minimum atomic E-state index is -4.66. The molecule has 0 aliphatic rings. The monoisotopic (exact) mass is 286 g/mol. The van der Waals surface area contributed by atoms with E-state index in [9.17, 15) is 18.0 Å². The van der Waals surface area contributed by atoms with Crippen LogP contribution in [-0.4, -0.2) is 21.1 Å². The van der Waals surface area contributed by atoms with Gasteiger partial charge in [-0.25, -0.2) is 4.98 Å². The highest BCUT2D eigenvalue weighted by molar-refractivity contribution is 5.95. The molecule has 3 N–H and O–H groups in total. The van der Waals surface area contributed by atoms with Crippen molar-refractivity contribution < 1.29 is 22.7 Å². The van der Waals surface area contributed by atoms with E-state index in [1.165, 1.54) is 6.07 Å². The molecule has 9 heteroatoms. The van der Waals surface area contributed by atoms with Crippen molar-refractivity contribution in [2.24, 2.45) is 5.73 Å². The van der Waals surface area contributed by atoms with Gasteiger partial charge in [-0.3, -0.25) is 9.89 Å². The van der Waals surface area contributed by atoms with Gasteiger partial charge < -0.3 is 10.5 Å². The summed E-state index contributed by atoms with van der Waals surface area (Å²) in [6.07, 6.45) is -4.66. The Morgan fingerprint density at radius 3 is 2.60 bits per heavy atom. The van der Waals surface area contributed by atoms with Gasteiger partial charge in [-0.15, -0.1) is 5.10 Å². The third-order valence-electron chi connectivity index (χ3n) is 2.30. The number of amides is 1. The van der Waals surface area contributed by atoms with E-state index >= 15 is 0 Å². The van der Waals surface area contributed by atoms with E-state index in [1.807, 2.05) is 0 Å². The SMILES string of the molecule is Cc1cc(Oc2nc(C(F)(F)F)ccc2C(N)=O)n[nH]1. The Morgan fingerprint density at radius 2 is 2.10 bits per heavy atom. The molecule has 0 aliphatic heterocycles. The van der Waals surface area contributed by atoms with Crippen molar-refractivity contribution in [3.63, 3.8) is 0 Å². The first-order valence-corrected chi connectivity index (χ1v) is 5.35. The molecule has 0 unspecified atom stereocenters. The lowest BCUT2D eigenvalue weighted by atomic mass is 10.2. The van der Waals surface area contributed by atoms with Gasteiger partial charge in [0.1, 0.15) is 11.3 Å². The van der Waals surface area contributed by atoms with E-state index in [-0.39, 0.29) is 11.4 Å². The van der Waals surface area contributed by atoms with Crippen LogP contribution in [0, 0.1) is 6.92 Å². The Labute approximate surface area is 110 Å². The highest BCUT2D eigenvalue weighted by Crippen LogP contribution is 2.31. The molecule has 2 aromatic rings. The van der Waals surface area contributed by atoms with Gasteiger partial charge in [0.05, 0.1) is 0 Å². The zero-order valence-corrected chi connectivity index (χ0v) is 10.2. The van der Waals surface area contributed by atoms with Gasteiger partial charge in [0.2, 0.25) is 11.8 Å². The minimum Gasteiger partial charge on any atom is -0.418 e. The topological polar surface area (TPSA) is 93.9 Å². The zero-order chi connectivity index (χ0) is 14.9. The number of nitrogens with two attached hydrogens (primary N) is 1. The lowest BCUT2D eigenvalue weighted by molar-refractivity contribution is -0.141. The maximum Gasteiger partial charge on any atom is 0.433 e. The van der Waals surface area contributed by atoms with Gasteiger partial charge in [-0.2, -0.15) is 13.2 Å². The first-order valence-electron chi connectivity index (χ1n) is 5.35. The fraction of sp³-hybridized carbons (Fsp3) is 0.182. The number of hydrogen-bond acceptors (Lipinski definition) is 4. The molecule has 0 spiro atoms. The molecule has 20 heavy (non-hydrogen) atoms. The number of nitrogens with zero attached hydrogens (tertiary/aromatic N) is 2. The average Bonchev–Trinajstić information content (AvgIpc) is 2.73. The molecule has 0 bridgehead atoms. The number of carbonyl (C=O) groups is 1. The molecule has 0 radical (unpaired) electrons. The van der Waals surface area contributed by atoms with Crippen molar-refractivity contribution in [2.75, 3.05) is 0 Å². The maximum absolute atomic E-state index is 12.6. The molecule has 0 saturated heterocycles. The fourth-order valence-electron chi connectivity index (χ4n) is 1.41. The molecule has 0 saturated carbocycles. The van der Waals surface area contributed by atoms with Crippen LogP contribution in [-0.2, 0) is 6.18 Å². The quantitative estimate of drug-likeness (QED) is 0.902. The number of aromatic amines is 1. The molecule has 106 valence electrons. The Kier molecular flexibility index (Phi) is 3.35. The number of pyridine rings is 1. The summed E-state index contributed by atoms with van der Waals surface area (Å²) in [7, 11) is 0. The predicted octanol–water partition coefficient (Wildman–Crippen LogP) is 2.02. The Hall–Kier alpha value is -2.58. The van der Waals surface area contributed by atoms with Gasteiger partial charge in [0.15, 0.2) is 0 Å². The van der Waals surface area contributed by atoms with E-state index in [2.05, 4.69) is 15.2 Å². The van der Waals surface area contributed by atoms with Crippen LogP contribution in [0.5, 0.6) is 11.8 Å². The largest absolute Gasteiger partial charge is 0.433 e. The van der Waals surface area contributed by atoms with E-state index in [4.69, 9.17) is 10.5 Å². The van der Waals surface area contributed by atoms with Gasteiger partial charge >= 0.3 is 6.18 Å². The van der Waals surface area contributed by atoms with Crippen LogP contribution < -0.4 is 10.5 Å². The van der Waals surface area contributed by atoms with Crippen molar-refractivity contribution >= 4 is 5.91 Å². The molecule has 1 amide bonds. The third-order valence-corrected chi connectivity index (χ3v) is 2.30. The van der Waals surface area contributed by atoms with Crippen molar-refractivity contribution in [1.29, 1.82) is 0 Å². The smallest absolute Gasteiger partial charge is 0.418 e. The number of rotatable bonds is 3. The summed E-state index contributed by atoms with van der Waals surface area (Å²) in [5, 5.41) is 6.22. The summed E-state index contributed by atoms with van der Waals surface area (Å²) in [5.74, 6) is -1.51. The van der Waals surface area contributed by atoms with Crippen LogP contribution in [0.2, 0.25) is 0 Å². The van der Waals surface area contributed by atoms with Crippen LogP contribution in [0.15, 0.2) is 18.2 Å². The Balaban J connectivity index is 2.44. The van der Waals surface area contributed by atoms with Crippen molar-refractivity contribution in [3.8, 4) is 11.8 Å². The normalized spacial score (nSPS) is 11.4. The highest BCUT2D eigenvalue weighted by atomic mass is 19.4. The Bertz CT molecular complexity index is 651. The van der Waals surface area contributed by atoms with E-state index in [0.29, 0.717) is 11.8 Å². The predicted molar refractivity (Wildman–Crippen MR) is 61.2 cm³/mol. The lowest BCUT2D eigenvalue weighted by Gasteiger charge is -2.10. The van der Waals surface area contributed by atoms with Gasteiger partial charge in [0, 0.05) is 11.8 Å². The summed E-state index contributed by atoms with van der Waals surface area (Å²) >= 11 is 0. The number of aryl methyl sites for hydroxylation is 1. The summed E-state index contributed by atoms with van der Waals surface area (Å²) in [4.78, 5) is 14.4. The zero-order valence-electron chi connectivity index (χ0n) is 10.2. The summed E-state index contributed by atoms with van der Waals surface area (Å²) in [6, 6.07) is 3.00. The van der Waals surface area contributed by atoms with Gasteiger partial charge in [-0.1, -0.05) is 0 Å². The average molecular weight is 286 g/mol. The van der Waals surface area contributed by atoms with Crippen molar-refractivity contribution in [3.05, 3.63) is 35.2 Å². The lowest BCUT2D eigenvalue weighted by Crippen LogP contribution is -2.16. The van der Waals surface area contributed by atoms with E-state index in [0.717, 1.165) is 6.07 Å². The molecule has 2 heterocycles.